The van der Waals surface area contributed by atoms with Crippen LogP contribution >= 0.6 is 11.6 Å². The summed E-state index contributed by atoms with van der Waals surface area (Å²) in [7, 11) is 0. The maximum Gasteiger partial charge on any atom is 0.258 e. The number of carbonyl (C=O) groups is 1. The van der Waals surface area contributed by atoms with Gasteiger partial charge in [0.05, 0.1) is 5.56 Å². The first-order valence-electron chi connectivity index (χ1n) is 5.81. The van der Waals surface area contributed by atoms with Gasteiger partial charge in [-0.3, -0.25) is 4.79 Å². The minimum absolute atomic E-state index is 0.0247. The van der Waals surface area contributed by atoms with Crippen LogP contribution in [0.3, 0.4) is 0 Å². The minimum Gasteiger partial charge on any atom is -0.322 e. The van der Waals surface area contributed by atoms with Crippen molar-refractivity contribution in [3.05, 3.63) is 63.9 Å². The topological polar surface area (TPSA) is 29.1 Å². The molecule has 1 N–H and O–H groups in total. The fourth-order valence-electron chi connectivity index (χ4n) is 1.69. The van der Waals surface area contributed by atoms with E-state index in [1.54, 1.807) is 37.3 Å². The van der Waals surface area contributed by atoms with Gasteiger partial charge in [0, 0.05) is 10.7 Å². The van der Waals surface area contributed by atoms with E-state index in [0.29, 0.717) is 16.3 Å². The Labute approximate surface area is 116 Å². The molecule has 0 aliphatic rings. The molecular formula is C15H13ClFNO. The third-order valence-corrected chi connectivity index (χ3v) is 3.27. The SMILES string of the molecule is Cc1ccc(NC(=O)c2cccc(C)c2F)cc1Cl. The van der Waals surface area contributed by atoms with Gasteiger partial charge in [0.15, 0.2) is 0 Å². The number of hydrogen-bond acceptors (Lipinski definition) is 1. The van der Waals surface area contributed by atoms with Crippen LogP contribution in [0, 0.1) is 19.7 Å². The second kappa shape index (κ2) is 5.41. The molecule has 0 aromatic heterocycles. The fourth-order valence-corrected chi connectivity index (χ4v) is 1.87. The van der Waals surface area contributed by atoms with Crippen LogP contribution in [0.1, 0.15) is 21.5 Å². The summed E-state index contributed by atoms with van der Waals surface area (Å²) in [5.41, 5.74) is 1.93. The van der Waals surface area contributed by atoms with Crippen LogP contribution in [0.4, 0.5) is 10.1 Å². The number of anilines is 1. The molecule has 98 valence electrons. The van der Waals surface area contributed by atoms with Crippen molar-refractivity contribution in [3.63, 3.8) is 0 Å². The highest BCUT2D eigenvalue weighted by Gasteiger charge is 2.13. The molecule has 0 saturated heterocycles. The Morgan fingerprint density at radius 1 is 1.16 bits per heavy atom. The predicted octanol–water partition coefficient (Wildman–Crippen LogP) is 4.35. The Hall–Kier alpha value is -1.87. The first-order valence-corrected chi connectivity index (χ1v) is 6.19. The van der Waals surface area contributed by atoms with E-state index in [9.17, 15) is 9.18 Å². The molecule has 19 heavy (non-hydrogen) atoms. The van der Waals surface area contributed by atoms with Gasteiger partial charge < -0.3 is 5.32 Å². The van der Waals surface area contributed by atoms with E-state index in [-0.39, 0.29) is 5.56 Å². The van der Waals surface area contributed by atoms with Crippen molar-refractivity contribution in [3.8, 4) is 0 Å². The smallest absolute Gasteiger partial charge is 0.258 e. The van der Waals surface area contributed by atoms with Crippen molar-refractivity contribution >= 4 is 23.2 Å². The third-order valence-electron chi connectivity index (χ3n) is 2.87. The molecule has 0 atom stereocenters. The van der Waals surface area contributed by atoms with Gasteiger partial charge in [-0.15, -0.1) is 0 Å². The first kappa shape index (κ1) is 13.6. The highest BCUT2D eigenvalue weighted by Crippen LogP contribution is 2.21. The van der Waals surface area contributed by atoms with Gasteiger partial charge in [0.25, 0.3) is 5.91 Å². The summed E-state index contributed by atoms with van der Waals surface area (Å²) < 4.78 is 13.8. The van der Waals surface area contributed by atoms with Crippen molar-refractivity contribution in [1.29, 1.82) is 0 Å². The van der Waals surface area contributed by atoms with E-state index >= 15 is 0 Å². The zero-order chi connectivity index (χ0) is 14.0. The van der Waals surface area contributed by atoms with Crippen molar-refractivity contribution in [2.75, 3.05) is 5.32 Å². The standard InChI is InChI=1S/C15H13ClFNO/c1-9-6-7-11(8-13(9)16)18-15(19)12-5-3-4-10(2)14(12)17/h3-8H,1-2H3,(H,18,19). The summed E-state index contributed by atoms with van der Waals surface area (Å²) in [5.74, 6) is -0.987. The number of carbonyl (C=O) groups excluding carboxylic acids is 1. The van der Waals surface area contributed by atoms with Crippen LogP contribution in [-0.4, -0.2) is 5.91 Å². The molecule has 1 amide bonds. The number of aryl methyl sites for hydroxylation is 2. The molecule has 0 spiro atoms. The van der Waals surface area contributed by atoms with Crippen molar-refractivity contribution < 1.29 is 9.18 Å². The number of rotatable bonds is 2. The lowest BCUT2D eigenvalue weighted by Gasteiger charge is -2.08. The Bertz CT molecular complexity index is 640. The summed E-state index contributed by atoms with van der Waals surface area (Å²) in [5, 5.41) is 3.19. The van der Waals surface area contributed by atoms with Gasteiger partial charge in [0.1, 0.15) is 5.82 Å². The zero-order valence-corrected chi connectivity index (χ0v) is 11.4. The number of amides is 1. The highest BCUT2D eigenvalue weighted by molar-refractivity contribution is 6.31. The molecule has 0 aliphatic heterocycles. The lowest BCUT2D eigenvalue weighted by atomic mass is 10.1. The monoisotopic (exact) mass is 277 g/mol. The van der Waals surface area contributed by atoms with E-state index < -0.39 is 11.7 Å². The molecule has 4 heteroatoms. The Kier molecular flexibility index (Phi) is 3.86. The molecular weight excluding hydrogens is 265 g/mol. The molecule has 2 nitrogen and oxygen atoms in total. The molecule has 0 aliphatic carbocycles. The lowest BCUT2D eigenvalue weighted by Crippen LogP contribution is -2.14. The molecule has 0 bridgehead atoms. The van der Waals surface area contributed by atoms with Gasteiger partial charge in [-0.2, -0.15) is 0 Å². The molecule has 2 aromatic rings. The largest absolute Gasteiger partial charge is 0.322 e. The molecule has 2 aromatic carbocycles. The maximum atomic E-state index is 13.8. The summed E-state index contributed by atoms with van der Waals surface area (Å²) in [6.45, 7) is 3.49. The molecule has 2 rings (SSSR count). The Morgan fingerprint density at radius 2 is 1.89 bits per heavy atom. The number of halogens is 2. The second-order valence-electron chi connectivity index (χ2n) is 4.35. The normalized spacial score (nSPS) is 10.3. The maximum absolute atomic E-state index is 13.8. The van der Waals surface area contributed by atoms with E-state index in [4.69, 9.17) is 11.6 Å². The van der Waals surface area contributed by atoms with Crippen LogP contribution in [0.2, 0.25) is 5.02 Å². The zero-order valence-electron chi connectivity index (χ0n) is 10.6. The number of benzene rings is 2. The quantitative estimate of drug-likeness (QED) is 0.869. The van der Waals surface area contributed by atoms with E-state index in [1.807, 2.05) is 6.92 Å². The van der Waals surface area contributed by atoms with E-state index in [0.717, 1.165) is 5.56 Å². The van der Waals surface area contributed by atoms with Gasteiger partial charge in [-0.25, -0.2) is 4.39 Å². The Morgan fingerprint density at radius 3 is 2.58 bits per heavy atom. The minimum atomic E-state index is -0.502. The van der Waals surface area contributed by atoms with Crippen LogP contribution in [0.25, 0.3) is 0 Å². The van der Waals surface area contributed by atoms with Gasteiger partial charge in [-0.1, -0.05) is 29.8 Å². The predicted molar refractivity (Wildman–Crippen MR) is 75.3 cm³/mol. The van der Waals surface area contributed by atoms with Crippen molar-refractivity contribution in [2.24, 2.45) is 0 Å². The van der Waals surface area contributed by atoms with Crippen LogP contribution in [0.15, 0.2) is 36.4 Å². The average molecular weight is 278 g/mol. The Balaban J connectivity index is 2.26. The third kappa shape index (κ3) is 2.93. The first-order chi connectivity index (χ1) is 8.99. The van der Waals surface area contributed by atoms with Crippen LogP contribution in [0.5, 0.6) is 0 Å². The van der Waals surface area contributed by atoms with Crippen molar-refractivity contribution in [2.45, 2.75) is 13.8 Å². The summed E-state index contributed by atoms with van der Waals surface area (Å²) in [6.07, 6.45) is 0. The highest BCUT2D eigenvalue weighted by atomic mass is 35.5. The van der Waals surface area contributed by atoms with Crippen LogP contribution in [-0.2, 0) is 0 Å². The fraction of sp³-hybridized carbons (Fsp3) is 0.133. The van der Waals surface area contributed by atoms with Gasteiger partial charge >= 0.3 is 0 Å². The number of nitrogens with one attached hydrogen (secondary N) is 1. The average Bonchev–Trinajstić information content (AvgIpc) is 2.37. The summed E-state index contributed by atoms with van der Waals surface area (Å²) in [4.78, 5) is 12.0. The summed E-state index contributed by atoms with van der Waals surface area (Å²) >= 11 is 5.97. The molecule has 0 fully saturated rings. The lowest BCUT2D eigenvalue weighted by molar-refractivity contribution is 0.102. The molecule has 0 radical (unpaired) electrons. The molecule has 0 heterocycles. The van der Waals surface area contributed by atoms with E-state index in [1.165, 1.54) is 6.07 Å². The van der Waals surface area contributed by atoms with Crippen molar-refractivity contribution in [1.82, 2.24) is 0 Å². The molecule has 0 saturated carbocycles. The van der Waals surface area contributed by atoms with Crippen LogP contribution < -0.4 is 5.32 Å². The second-order valence-corrected chi connectivity index (χ2v) is 4.76. The van der Waals surface area contributed by atoms with E-state index in [2.05, 4.69) is 5.32 Å². The van der Waals surface area contributed by atoms with Gasteiger partial charge in [-0.05, 0) is 43.2 Å². The molecule has 0 unspecified atom stereocenters. The summed E-state index contributed by atoms with van der Waals surface area (Å²) in [6, 6.07) is 9.89. The van der Waals surface area contributed by atoms with Gasteiger partial charge in [0.2, 0.25) is 0 Å². The number of hydrogen-bond donors (Lipinski definition) is 1.